The van der Waals surface area contributed by atoms with E-state index in [0.717, 1.165) is 33.7 Å². The summed E-state index contributed by atoms with van der Waals surface area (Å²) in [4.78, 5) is 38.7. The van der Waals surface area contributed by atoms with Gasteiger partial charge in [-0.1, -0.05) is 23.7 Å². The lowest BCUT2D eigenvalue weighted by molar-refractivity contribution is -0.122. The third-order valence-electron chi connectivity index (χ3n) is 4.82. The van der Waals surface area contributed by atoms with Crippen molar-refractivity contribution in [3.63, 3.8) is 0 Å². The number of thioether (sulfide) groups is 1. The van der Waals surface area contributed by atoms with Crippen molar-refractivity contribution in [1.29, 1.82) is 0 Å². The molecule has 0 aliphatic carbocycles. The summed E-state index contributed by atoms with van der Waals surface area (Å²) < 4.78 is 6.71. The summed E-state index contributed by atoms with van der Waals surface area (Å²) in [5.74, 6) is -0.0665. The van der Waals surface area contributed by atoms with Crippen LogP contribution in [0.15, 0.2) is 65.7 Å². The van der Waals surface area contributed by atoms with Crippen LogP contribution in [-0.4, -0.2) is 51.9 Å². The van der Waals surface area contributed by atoms with Gasteiger partial charge in [0.2, 0.25) is 0 Å². The van der Waals surface area contributed by atoms with Crippen LogP contribution in [0.4, 0.5) is 4.79 Å². The van der Waals surface area contributed by atoms with Gasteiger partial charge in [0, 0.05) is 24.3 Å². The number of methoxy groups -OCH3 is 1. The number of carbonyl (C=O) groups is 3. The van der Waals surface area contributed by atoms with Crippen molar-refractivity contribution < 1.29 is 19.1 Å². The van der Waals surface area contributed by atoms with Gasteiger partial charge in [0.05, 0.1) is 17.7 Å². The van der Waals surface area contributed by atoms with E-state index in [0.29, 0.717) is 9.93 Å². The van der Waals surface area contributed by atoms with E-state index in [1.807, 2.05) is 12.1 Å². The second kappa shape index (κ2) is 9.93. The molecule has 1 saturated heterocycles. The number of imide groups is 1. The molecule has 0 radical (unpaired) electrons. The summed E-state index contributed by atoms with van der Waals surface area (Å²) in [5, 5.41) is 7.18. The van der Waals surface area contributed by atoms with Crippen molar-refractivity contribution in [2.24, 2.45) is 0 Å². The molecule has 8 nitrogen and oxygen atoms in total. The van der Waals surface area contributed by atoms with Crippen molar-refractivity contribution in [3.05, 3.63) is 82.0 Å². The van der Waals surface area contributed by atoms with E-state index in [-0.39, 0.29) is 24.0 Å². The fraction of sp³-hybridized carbons (Fsp3) is 0.130. The number of benzene rings is 2. The minimum Gasteiger partial charge on any atom is -0.497 e. The molecule has 4 rings (SSSR count). The highest BCUT2D eigenvalue weighted by Gasteiger charge is 2.34. The first-order valence-corrected chi connectivity index (χ1v) is 11.1. The van der Waals surface area contributed by atoms with Crippen molar-refractivity contribution in [2.75, 3.05) is 20.2 Å². The molecular formula is C23H19ClN4O4S. The number of hydrogen-bond donors (Lipinski definition) is 1. The van der Waals surface area contributed by atoms with Crippen LogP contribution in [-0.2, 0) is 4.79 Å². The number of nitrogens with zero attached hydrogens (tertiary/aromatic N) is 3. The fourth-order valence-electron chi connectivity index (χ4n) is 3.10. The molecule has 1 N–H and O–H groups in total. The quantitative estimate of drug-likeness (QED) is 0.511. The van der Waals surface area contributed by atoms with Crippen LogP contribution in [0.1, 0.15) is 16.1 Å². The van der Waals surface area contributed by atoms with E-state index in [2.05, 4.69) is 10.4 Å². The number of carbonyl (C=O) groups excluding carboxylic acids is 3. The average Bonchev–Trinajstić information content (AvgIpc) is 3.41. The Hall–Kier alpha value is -3.56. The monoisotopic (exact) mass is 482 g/mol. The highest BCUT2D eigenvalue weighted by atomic mass is 35.5. The van der Waals surface area contributed by atoms with Crippen LogP contribution < -0.4 is 10.1 Å². The number of nitrogens with one attached hydrogen (secondary N) is 1. The summed E-state index contributed by atoms with van der Waals surface area (Å²) in [6.07, 6.45) is 3.32. The zero-order valence-electron chi connectivity index (χ0n) is 17.5. The van der Waals surface area contributed by atoms with E-state index < -0.39 is 11.8 Å². The van der Waals surface area contributed by atoms with E-state index in [1.165, 1.54) is 0 Å². The second-order valence-electron chi connectivity index (χ2n) is 6.98. The zero-order valence-corrected chi connectivity index (χ0v) is 19.1. The van der Waals surface area contributed by atoms with Gasteiger partial charge in [-0.25, -0.2) is 4.68 Å². The molecule has 1 aliphatic rings. The first-order valence-electron chi connectivity index (χ1n) is 9.94. The van der Waals surface area contributed by atoms with E-state index in [4.69, 9.17) is 16.3 Å². The van der Waals surface area contributed by atoms with E-state index >= 15 is 0 Å². The highest BCUT2D eigenvalue weighted by Crippen LogP contribution is 2.32. The van der Waals surface area contributed by atoms with Crippen molar-refractivity contribution in [2.45, 2.75) is 0 Å². The van der Waals surface area contributed by atoms with Crippen LogP contribution in [0, 0.1) is 0 Å². The predicted molar refractivity (Wildman–Crippen MR) is 127 cm³/mol. The van der Waals surface area contributed by atoms with Crippen molar-refractivity contribution >= 4 is 46.5 Å². The lowest BCUT2D eigenvalue weighted by Gasteiger charge is -2.12. The van der Waals surface area contributed by atoms with Crippen LogP contribution in [0.3, 0.4) is 0 Å². The van der Waals surface area contributed by atoms with Gasteiger partial charge in [-0.2, -0.15) is 5.10 Å². The predicted octanol–water partition coefficient (Wildman–Crippen LogP) is 4.00. The Morgan fingerprint density at radius 2 is 1.85 bits per heavy atom. The maximum Gasteiger partial charge on any atom is 0.293 e. The molecule has 3 aromatic rings. The number of ether oxygens (including phenoxy) is 1. The Labute approximate surface area is 199 Å². The van der Waals surface area contributed by atoms with Crippen molar-refractivity contribution in [1.82, 2.24) is 20.0 Å². The molecule has 1 aromatic heterocycles. The highest BCUT2D eigenvalue weighted by molar-refractivity contribution is 8.18. The lowest BCUT2D eigenvalue weighted by atomic mass is 10.2. The number of amides is 3. The molecule has 1 aliphatic heterocycles. The summed E-state index contributed by atoms with van der Waals surface area (Å²) in [6.45, 7) is 0.175. The topological polar surface area (TPSA) is 93.5 Å². The maximum absolute atomic E-state index is 12.6. The summed E-state index contributed by atoms with van der Waals surface area (Å²) in [5.41, 5.74) is 1.77. The van der Waals surface area contributed by atoms with Gasteiger partial charge < -0.3 is 10.1 Å². The van der Waals surface area contributed by atoms with E-state index in [1.54, 1.807) is 66.5 Å². The first-order chi connectivity index (χ1) is 15.9. The summed E-state index contributed by atoms with van der Waals surface area (Å²) >= 11 is 6.74. The Bertz CT molecular complexity index is 1220. The van der Waals surface area contributed by atoms with Crippen LogP contribution in [0.25, 0.3) is 11.8 Å². The largest absolute Gasteiger partial charge is 0.497 e. The molecule has 0 unspecified atom stereocenters. The summed E-state index contributed by atoms with van der Waals surface area (Å²) in [6, 6.07) is 15.8. The van der Waals surface area contributed by atoms with Gasteiger partial charge in [-0.3, -0.25) is 19.3 Å². The smallest absolute Gasteiger partial charge is 0.293 e. The Balaban J connectivity index is 1.33. The molecule has 33 heavy (non-hydrogen) atoms. The number of rotatable bonds is 7. The number of aromatic nitrogens is 2. The lowest BCUT2D eigenvalue weighted by Crippen LogP contribution is -2.37. The van der Waals surface area contributed by atoms with Gasteiger partial charge in [-0.05, 0) is 65.9 Å². The molecule has 0 bridgehead atoms. The molecule has 2 heterocycles. The maximum atomic E-state index is 12.6. The minimum absolute atomic E-state index is 0.0630. The minimum atomic E-state index is -0.397. The Morgan fingerprint density at radius 1 is 1.12 bits per heavy atom. The second-order valence-corrected chi connectivity index (χ2v) is 8.41. The number of hydrogen-bond acceptors (Lipinski definition) is 6. The van der Waals surface area contributed by atoms with Gasteiger partial charge in [0.25, 0.3) is 17.1 Å². The van der Waals surface area contributed by atoms with Crippen LogP contribution in [0.5, 0.6) is 5.75 Å². The van der Waals surface area contributed by atoms with Gasteiger partial charge in [0.1, 0.15) is 5.75 Å². The molecule has 2 aromatic carbocycles. The molecule has 3 amide bonds. The first kappa shape index (κ1) is 22.6. The molecule has 0 saturated carbocycles. The number of halogens is 1. The third-order valence-corrected chi connectivity index (χ3v) is 5.98. The van der Waals surface area contributed by atoms with Gasteiger partial charge >= 0.3 is 0 Å². The molecule has 168 valence electrons. The Kier molecular flexibility index (Phi) is 6.81. The Morgan fingerprint density at radius 3 is 2.55 bits per heavy atom. The standard InChI is InChI=1S/C23H19ClN4O4S/c1-32-18-8-6-17(7-9-18)28-12-10-19(26-28)21(29)25-11-13-27-22(30)20(33-23(27)31)14-15-2-4-16(24)5-3-15/h2-10,12,14H,11,13H2,1H3,(H,25,29)/b20-14+. The molecule has 10 heteroatoms. The summed E-state index contributed by atoms with van der Waals surface area (Å²) in [7, 11) is 1.59. The fourth-order valence-corrected chi connectivity index (χ4v) is 4.09. The molecule has 0 atom stereocenters. The van der Waals surface area contributed by atoms with Gasteiger partial charge in [0.15, 0.2) is 5.69 Å². The SMILES string of the molecule is COc1ccc(-n2ccc(C(=O)NCCN3C(=O)S/C(=C/c4ccc(Cl)cc4)C3=O)n2)cc1. The molecule has 0 spiro atoms. The van der Waals surface area contributed by atoms with E-state index in [9.17, 15) is 14.4 Å². The zero-order chi connectivity index (χ0) is 23.4. The molecule has 1 fully saturated rings. The van der Waals surface area contributed by atoms with Crippen LogP contribution in [0.2, 0.25) is 5.02 Å². The van der Waals surface area contributed by atoms with Crippen LogP contribution >= 0.6 is 23.4 Å². The van der Waals surface area contributed by atoms with Gasteiger partial charge in [-0.15, -0.1) is 0 Å². The van der Waals surface area contributed by atoms with Crippen molar-refractivity contribution in [3.8, 4) is 11.4 Å². The molecular weight excluding hydrogens is 464 g/mol. The normalized spacial score (nSPS) is 14.7. The third kappa shape index (κ3) is 5.27. The average molecular weight is 483 g/mol.